The average molecular weight is 320 g/mol. The second kappa shape index (κ2) is 6.99. The number of urea groups is 1. The van der Waals surface area contributed by atoms with Crippen LogP contribution in [0.4, 0.5) is 4.79 Å². The van der Waals surface area contributed by atoms with E-state index in [0.717, 1.165) is 0 Å². The van der Waals surface area contributed by atoms with E-state index in [4.69, 9.17) is 14.2 Å². The van der Waals surface area contributed by atoms with E-state index in [1.54, 1.807) is 18.2 Å². The third-order valence-corrected chi connectivity index (χ3v) is 3.83. The predicted octanol–water partition coefficient (Wildman–Crippen LogP) is 0.404. The molecule has 2 aliphatic heterocycles. The van der Waals surface area contributed by atoms with E-state index in [1.807, 2.05) is 18.2 Å². The highest BCUT2D eigenvalue weighted by Crippen LogP contribution is 2.31. The van der Waals surface area contributed by atoms with E-state index in [2.05, 4.69) is 17.2 Å². The number of nitrogens with one attached hydrogen (secondary N) is 2. The smallest absolute Gasteiger partial charge is 0.315 e. The number of amides is 2. The summed E-state index contributed by atoms with van der Waals surface area (Å²) in [7, 11) is 0. The van der Waals surface area contributed by atoms with E-state index in [0.29, 0.717) is 18.9 Å². The number of carbonyl (C=O) groups is 1. The molecule has 3 N–H and O–H groups in total. The largest absolute Gasteiger partial charge is 0.482 e. The quantitative estimate of drug-likeness (QED) is 0.684. The number of ether oxygens (including phenoxy) is 3. The van der Waals surface area contributed by atoms with Gasteiger partial charge in [0, 0.05) is 6.54 Å². The van der Waals surface area contributed by atoms with Crippen molar-refractivity contribution in [3.05, 3.63) is 43.0 Å². The van der Waals surface area contributed by atoms with E-state index >= 15 is 0 Å². The van der Waals surface area contributed by atoms with Gasteiger partial charge in [0.05, 0.1) is 12.6 Å². The Labute approximate surface area is 134 Å². The summed E-state index contributed by atoms with van der Waals surface area (Å²) in [5.41, 5.74) is 0. The van der Waals surface area contributed by atoms with E-state index < -0.39 is 36.7 Å². The molecule has 3 rings (SSSR count). The summed E-state index contributed by atoms with van der Waals surface area (Å²) in [5.74, 6) is 0.601. The minimum atomic E-state index is -0.948. The molecule has 0 radical (unpaired) electrons. The predicted molar refractivity (Wildman–Crippen MR) is 82.0 cm³/mol. The van der Waals surface area contributed by atoms with Crippen LogP contribution in [-0.4, -0.2) is 54.9 Å². The zero-order valence-electron chi connectivity index (χ0n) is 12.6. The van der Waals surface area contributed by atoms with Crippen LogP contribution in [0.15, 0.2) is 43.0 Å². The summed E-state index contributed by atoms with van der Waals surface area (Å²) >= 11 is 0. The van der Waals surface area contributed by atoms with Crippen molar-refractivity contribution in [2.75, 3.05) is 13.2 Å². The van der Waals surface area contributed by atoms with Crippen LogP contribution in [0, 0.1) is 0 Å². The van der Waals surface area contributed by atoms with Crippen LogP contribution in [0.2, 0.25) is 0 Å². The first-order valence-corrected chi connectivity index (χ1v) is 7.51. The van der Waals surface area contributed by atoms with E-state index in [9.17, 15) is 9.90 Å². The van der Waals surface area contributed by atoms with Crippen LogP contribution >= 0.6 is 0 Å². The van der Waals surface area contributed by atoms with Crippen molar-refractivity contribution in [3.8, 4) is 5.75 Å². The van der Waals surface area contributed by atoms with Gasteiger partial charge in [0.1, 0.15) is 18.0 Å². The lowest BCUT2D eigenvalue weighted by molar-refractivity contribution is -0.192. The molecule has 7 heteroatoms. The minimum Gasteiger partial charge on any atom is -0.482 e. The second-order valence-corrected chi connectivity index (χ2v) is 5.43. The van der Waals surface area contributed by atoms with Gasteiger partial charge in [-0.2, -0.15) is 0 Å². The Balaban J connectivity index is 1.69. The molecule has 0 aromatic heterocycles. The summed E-state index contributed by atoms with van der Waals surface area (Å²) in [4.78, 5) is 11.8. The van der Waals surface area contributed by atoms with Crippen molar-refractivity contribution in [2.24, 2.45) is 0 Å². The Bertz CT molecular complexity index is 553. The number of aliphatic hydroxyl groups excluding tert-OH is 1. The monoisotopic (exact) mass is 320 g/mol. The highest BCUT2D eigenvalue weighted by atomic mass is 16.7. The summed E-state index contributed by atoms with van der Waals surface area (Å²) < 4.78 is 17.0. The maximum Gasteiger partial charge on any atom is 0.315 e. The lowest BCUT2D eigenvalue weighted by Crippen LogP contribution is -2.63. The van der Waals surface area contributed by atoms with Gasteiger partial charge in [-0.3, -0.25) is 0 Å². The summed E-state index contributed by atoms with van der Waals surface area (Å²) in [6, 6.07) is 8.09. The highest BCUT2D eigenvalue weighted by Gasteiger charge is 2.52. The van der Waals surface area contributed by atoms with Gasteiger partial charge < -0.3 is 30.0 Å². The Hall–Kier alpha value is -2.09. The van der Waals surface area contributed by atoms with Crippen molar-refractivity contribution < 1.29 is 24.1 Å². The number of benzene rings is 1. The third kappa shape index (κ3) is 3.47. The SMILES string of the molecule is C=CCNC(=O)N[C@H]1[C@H](O)[C@@H](Oc2ccccc2)[C@@H]2OC[C@H]1O2. The highest BCUT2D eigenvalue weighted by molar-refractivity contribution is 5.74. The fraction of sp³-hybridized carbons (Fsp3) is 0.438. The van der Waals surface area contributed by atoms with Gasteiger partial charge in [-0.05, 0) is 12.1 Å². The van der Waals surface area contributed by atoms with Crippen LogP contribution in [-0.2, 0) is 9.47 Å². The van der Waals surface area contributed by atoms with Gasteiger partial charge in [-0.1, -0.05) is 24.3 Å². The lowest BCUT2D eigenvalue weighted by atomic mass is 9.98. The lowest BCUT2D eigenvalue weighted by Gasteiger charge is -2.38. The molecule has 1 aromatic rings. The third-order valence-electron chi connectivity index (χ3n) is 3.83. The molecular weight excluding hydrogens is 300 g/mol. The Morgan fingerprint density at radius 2 is 2.22 bits per heavy atom. The van der Waals surface area contributed by atoms with Crippen molar-refractivity contribution in [1.82, 2.24) is 10.6 Å². The number of carbonyl (C=O) groups excluding carboxylic acids is 1. The Morgan fingerprint density at radius 1 is 1.43 bits per heavy atom. The van der Waals surface area contributed by atoms with Gasteiger partial charge in [-0.25, -0.2) is 4.79 Å². The average Bonchev–Trinajstić information content (AvgIpc) is 3.01. The second-order valence-electron chi connectivity index (χ2n) is 5.43. The van der Waals surface area contributed by atoms with Crippen LogP contribution in [0.25, 0.3) is 0 Å². The van der Waals surface area contributed by atoms with Crippen LogP contribution in [0.1, 0.15) is 0 Å². The first kappa shape index (κ1) is 15.8. The number of aliphatic hydroxyl groups is 1. The van der Waals surface area contributed by atoms with E-state index in [-0.39, 0.29) is 0 Å². The molecule has 0 saturated carbocycles. The van der Waals surface area contributed by atoms with Crippen molar-refractivity contribution in [1.29, 1.82) is 0 Å². The summed E-state index contributed by atoms with van der Waals surface area (Å²) in [6.45, 7) is 4.17. The van der Waals surface area contributed by atoms with Gasteiger partial charge in [0.25, 0.3) is 0 Å². The summed E-state index contributed by atoms with van der Waals surface area (Å²) in [6.07, 6.45) is -1.15. The Kier molecular flexibility index (Phi) is 4.80. The van der Waals surface area contributed by atoms with Crippen molar-refractivity contribution >= 4 is 6.03 Å². The number of fused-ring (bicyclic) bond motifs is 2. The molecule has 0 aliphatic carbocycles. The van der Waals surface area contributed by atoms with Gasteiger partial charge >= 0.3 is 6.03 Å². The fourth-order valence-electron chi connectivity index (χ4n) is 2.71. The van der Waals surface area contributed by atoms with Crippen LogP contribution < -0.4 is 15.4 Å². The summed E-state index contributed by atoms with van der Waals surface area (Å²) in [5, 5.41) is 15.9. The molecule has 124 valence electrons. The maximum absolute atomic E-state index is 11.8. The zero-order chi connectivity index (χ0) is 16.2. The maximum atomic E-state index is 11.8. The topological polar surface area (TPSA) is 89.1 Å². The van der Waals surface area contributed by atoms with Crippen LogP contribution in [0.5, 0.6) is 5.75 Å². The van der Waals surface area contributed by atoms with Gasteiger partial charge in [-0.15, -0.1) is 6.58 Å². The number of hydrogen-bond donors (Lipinski definition) is 3. The molecule has 7 nitrogen and oxygen atoms in total. The molecule has 2 bridgehead atoms. The molecule has 2 aliphatic rings. The first-order valence-electron chi connectivity index (χ1n) is 7.51. The molecule has 1 aromatic carbocycles. The number of rotatable bonds is 5. The number of para-hydroxylation sites is 1. The molecule has 2 fully saturated rings. The van der Waals surface area contributed by atoms with Crippen molar-refractivity contribution in [2.45, 2.75) is 30.6 Å². The van der Waals surface area contributed by atoms with E-state index in [1.165, 1.54) is 0 Å². The Morgan fingerprint density at radius 3 is 2.96 bits per heavy atom. The first-order chi connectivity index (χ1) is 11.2. The zero-order valence-corrected chi connectivity index (χ0v) is 12.6. The van der Waals surface area contributed by atoms with Gasteiger partial charge in [0.2, 0.25) is 0 Å². The molecule has 0 unspecified atom stereocenters. The molecule has 0 spiro atoms. The van der Waals surface area contributed by atoms with Crippen LogP contribution in [0.3, 0.4) is 0 Å². The molecule has 2 heterocycles. The minimum absolute atomic E-state index is 0.294. The molecule has 2 saturated heterocycles. The normalized spacial score (nSPS) is 32.1. The molecular formula is C16H20N2O5. The number of hydrogen-bond acceptors (Lipinski definition) is 5. The standard InChI is InChI=1S/C16H20N2O5/c1-2-8-17-16(20)18-12-11-9-21-15(23-11)14(13(12)19)22-10-6-4-3-5-7-10/h2-7,11-15,19H,1,8-9H2,(H2,17,18,20)/t11-,12-,13+,14-,15-/m1/s1. The molecule has 5 atom stereocenters. The van der Waals surface area contributed by atoms with Gasteiger partial charge in [0.15, 0.2) is 12.4 Å². The van der Waals surface area contributed by atoms with Crippen molar-refractivity contribution in [3.63, 3.8) is 0 Å². The fourth-order valence-corrected chi connectivity index (χ4v) is 2.71. The molecule has 23 heavy (non-hydrogen) atoms. The molecule has 2 amide bonds.